The molecule has 1 amide bonds. The van der Waals surface area contributed by atoms with E-state index in [1.165, 1.54) is 16.8 Å². The van der Waals surface area contributed by atoms with Crippen LogP contribution in [0.4, 0.5) is 13.2 Å². The fourth-order valence-corrected chi connectivity index (χ4v) is 4.56. The first-order chi connectivity index (χ1) is 15.8. The lowest BCUT2D eigenvalue weighted by Gasteiger charge is -2.34. The van der Waals surface area contributed by atoms with Gasteiger partial charge in [0.1, 0.15) is 0 Å². The third-order valence-electron chi connectivity index (χ3n) is 6.61. The number of carbonyl (C=O) groups excluding carboxylic acids is 1. The topological polar surface area (TPSA) is 68.3 Å². The highest BCUT2D eigenvalue weighted by Crippen LogP contribution is 2.50. The Morgan fingerprint density at radius 3 is 2.21 bits per heavy atom. The molecule has 0 unspecified atom stereocenters. The molecule has 9 heteroatoms. The molecule has 1 saturated heterocycles. The lowest BCUT2D eigenvalue weighted by molar-refractivity contribution is -0.137. The highest BCUT2D eigenvalue weighted by molar-refractivity contribution is 5.91. The van der Waals surface area contributed by atoms with Crippen LogP contribution in [0.2, 0.25) is 0 Å². The third kappa shape index (κ3) is 3.96. The molecule has 0 N–H and O–H groups in total. The number of hydrogen-bond acceptors (Lipinski definition) is 4. The van der Waals surface area contributed by atoms with Crippen molar-refractivity contribution in [3.8, 4) is 11.5 Å². The maximum absolute atomic E-state index is 13.2. The molecule has 2 heterocycles. The molecule has 2 aliphatic rings. The molecule has 5 rings (SSSR count). The minimum absolute atomic E-state index is 0.0201. The minimum atomic E-state index is -4.44. The number of carbonyl (C=O) groups is 1. The van der Waals surface area contributed by atoms with E-state index in [0.717, 1.165) is 30.5 Å². The molecule has 1 aliphatic carbocycles. The summed E-state index contributed by atoms with van der Waals surface area (Å²) in [4.78, 5) is 27.5. The van der Waals surface area contributed by atoms with Crippen molar-refractivity contribution < 1.29 is 22.4 Å². The number of rotatable bonds is 4. The molecule has 2 fully saturated rings. The van der Waals surface area contributed by atoms with Gasteiger partial charge in [0.2, 0.25) is 11.8 Å². The second kappa shape index (κ2) is 7.90. The number of amides is 1. The van der Waals surface area contributed by atoms with Gasteiger partial charge in [-0.15, -0.1) is 5.10 Å². The van der Waals surface area contributed by atoms with Crippen LogP contribution in [-0.4, -0.2) is 33.7 Å². The standard InChI is InChI=1S/C24H22F3N3O3/c25-24(26,27)18-8-6-16(7-9-18)20-28-30(22(32)33-20)19-10-14-29(15-11-19)21(31)23(12-13-23)17-4-2-1-3-5-17/h1-9,19H,10-15H2. The molecule has 6 nitrogen and oxygen atoms in total. The Kier molecular flexibility index (Phi) is 5.14. The van der Waals surface area contributed by atoms with Gasteiger partial charge in [0.05, 0.1) is 17.0 Å². The van der Waals surface area contributed by atoms with Crippen LogP contribution in [0.15, 0.2) is 63.8 Å². The Labute approximate surface area is 187 Å². The van der Waals surface area contributed by atoms with E-state index in [9.17, 15) is 22.8 Å². The number of aromatic nitrogens is 2. The van der Waals surface area contributed by atoms with E-state index in [-0.39, 0.29) is 17.8 Å². The van der Waals surface area contributed by atoms with Gasteiger partial charge in [0.25, 0.3) is 0 Å². The lowest BCUT2D eigenvalue weighted by atomic mass is 9.93. The molecule has 0 bridgehead atoms. The van der Waals surface area contributed by atoms with Crippen LogP contribution < -0.4 is 5.76 Å². The largest absolute Gasteiger partial charge is 0.437 e. The van der Waals surface area contributed by atoms with Gasteiger partial charge in [-0.2, -0.15) is 17.9 Å². The Morgan fingerprint density at radius 1 is 1.00 bits per heavy atom. The zero-order valence-corrected chi connectivity index (χ0v) is 17.7. The van der Waals surface area contributed by atoms with Crippen molar-refractivity contribution >= 4 is 5.91 Å². The highest BCUT2D eigenvalue weighted by atomic mass is 19.4. The Morgan fingerprint density at radius 2 is 1.64 bits per heavy atom. The van der Waals surface area contributed by atoms with Crippen LogP contribution in [0.3, 0.4) is 0 Å². The van der Waals surface area contributed by atoms with Crippen molar-refractivity contribution in [3.63, 3.8) is 0 Å². The lowest BCUT2D eigenvalue weighted by Crippen LogP contribution is -2.45. The average molecular weight is 457 g/mol. The quantitative estimate of drug-likeness (QED) is 0.582. The summed E-state index contributed by atoms with van der Waals surface area (Å²) in [6.07, 6.45) is -1.65. The molecule has 33 heavy (non-hydrogen) atoms. The Bertz CT molecular complexity index is 1200. The molecule has 172 valence electrons. The van der Waals surface area contributed by atoms with Crippen LogP contribution in [0, 0.1) is 0 Å². The van der Waals surface area contributed by atoms with E-state index in [1.807, 2.05) is 35.2 Å². The number of piperidine rings is 1. The second-order valence-corrected chi connectivity index (χ2v) is 8.66. The predicted octanol–water partition coefficient (Wildman–Crippen LogP) is 4.42. The summed E-state index contributed by atoms with van der Waals surface area (Å²) in [5, 5.41) is 4.23. The predicted molar refractivity (Wildman–Crippen MR) is 113 cm³/mol. The van der Waals surface area contributed by atoms with Gasteiger partial charge in [-0.3, -0.25) is 4.79 Å². The summed E-state index contributed by atoms with van der Waals surface area (Å²) in [5.41, 5.74) is 0.138. The Hall–Kier alpha value is -3.36. The SMILES string of the molecule is O=C(N1CCC(n2nc(-c3ccc(C(F)(F)F)cc3)oc2=O)CC1)C1(c2ccccc2)CC1. The van der Waals surface area contributed by atoms with Gasteiger partial charge in [0.15, 0.2) is 0 Å². The van der Waals surface area contributed by atoms with Crippen molar-refractivity contribution in [2.45, 2.75) is 43.3 Å². The van der Waals surface area contributed by atoms with E-state index < -0.39 is 22.9 Å². The third-order valence-corrected chi connectivity index (χ3v) is 6.61. The van der Waals surface area contributed by atoms with Gasteiger partial charge >= 0.3 is 11.9 Å². The van der Waals surface area contributed by atoms with E-state index in [4.69, 9.17) is 4.42 Å². The van der Waals surface area contributed by atoms with Crippen LogP contribution in [-0.2, 0) is 16.4 Å². The minimum Gasteiger partial charge on any atom is -0.388 e. The molecular formula is C24H22F3N3O3. The van der Waals surface area contributed by atoms with Crippen LogP contribution >= 0.6 is 0 Å². The first-order valence-electron chi connectivity index (χ1n) is 10.9. The summed E-state index contributed by atoms with van der Waals surface area (Å²) in [5.74, 6) is -0.545. The first kappa shape index (κ1) is 21.5. The van der Waals surface area contributed by atoms with Gasteiger partial charge in [0, 0.05) is 18.7 Å². The van der Waals surface area contributed by atoms with Crippen molar-refractivity contribution in [3.05, 3.63) is 76.3 Å². The average Bonchev–Trinajstić information content (AvgIpc) is 3.55. The molecule has 1 aliphatic heterocycles. The Balaban J connectivity index is 1.27. The van der Waals surface area contributed by atoms with E-state index in [2.05, 4.69) is 5.10 Å². The molecule has 1 saturated carbocycles. The van der Waals surface area contributed by atoms with Crippen molar-refractivity contribution in [1.82, 2.24) is 14.7 Å². The number of alkyl halides is 3. The number of benzene rings is 2. The zero-order chi connectivity index (χ0) is 23.2. The smallest absolute Gasteiger partial charge is 0.388 e. The number of nitrogens with zero attached hydrogens (tertiary/aromatic N) is 3. The van der Waals surface area contributed by atoms with Gasteiger partial charge in [-0.25, -0.2) is 4.79 Å². The molecule has 0 atom stereocenters. The normalized spacial score (nSPS) is 18.3. The first-order valence-corrected chi connectivity index (χ1v) is 10.9. The van der Waals surface area contributed by atoms with Gasteiger partial charge in [-0.05, 0) is 55.5 Å². The monoisotopic (exact) mass is 457 g/mol. The van der Waals surface area contributed by atoms with Crippen LogP contribution in [0.1, 0.15) is 42.9 Å². The summed E-state index contributed by atoms with van der Waals surface area (Å²) < 4.78 is 44.8. The van der Waals surface area contributed by atoms with Crippen molar-refractivity contribution in [1.29, 1.82) is 0 Å². The second-order valence-electron chi connectivity index (χ2n) is 8.66. The van der Waals surface area contributed by atoms with Crippen LogP contribution in [0.5, 0.6) is 0 Å². The molecule has 3 aromatic rings. The number of likely N-dealkylation sites (tertiary alicyclic amines) is 1. The van der Waals surface area contributed by atoms with E-state index >= 15 is 0 Å². The molecular weight excluding hydrogens is 435 g/mol. The van der Waals surface area contributed by atoms with Crippen LogP contribution in [0.25, 0.3) is 11.5 Å². The summed E-state index contributed by atoms with van der Waals surface area (Å²) in [7, 11) is 0. The summed E-state index contributed by atoms with van der Waals surface area (Å²) >= 11 is 0. The molecule has 0 spiro atoms. The zero-order valence-electron chi connectivity index (χ0n) is 17.7. The van der Waals surface area contributed by atoms with Crippen molar-refractivity contribution in [2.24, 2.45) is 0 Å². The van der Waals surface area contributed by atoms with E-state index in [0.29, 0.717) is 31.5 Å². The summed E-state index contributed by atoms with van der Waals surface area (Å²) in [6, 6.07) is 13.9. The fraction of sp³-hybridized carbons (Fsp3) is 0.375. The highest BCUT2D eigenvalue weighted by Gasteiger charge is 2.53. The number of hydrogen-bond donors (Lipinski definition) is 0. The molecule has 0 radical (unpaired) electrons. The maximum Gasteiger partial charge on any atom is 0.437 e. The van der Waals surface area contributed by atoms with Crippen molar-refractivity contribution in [2.75, 3.05) is 13.1 Å². The van der Waals surface area contributed by atoms with Gasteiger partial charge < -0.3 is 9.32 Å². The number of halogens is 3. The molecule has 2 aromatic carbocycles. The van der Waals surface area contributed by atoms with E-state index in [1.54, 1.807) is 0 Å². The fourth-order valence-electron chi connectivity index (χ4n) is 4.56. The summed E-state index contributed by atoms with van der Waals surface area (Å²) in [6.45, 7) is 1.01. The van der Waals surface area contributed by atoms with Gasteiger partial charge in [-0.1, -0.05) is 30.3 Å². The maximum atomic E-state index is 13.2. The molecule has 1 aromatic heterocycles.